The molecule has 1 N–H and O–H groups in total. The second-order valence-corrected chi connectivity index (χ2v) is 8.85. The van der Waals surface area contributed by atoms with Crippen LogP contribution in [0.3, 0.4) is 0 Å². The maximum atomic E-state index is 13.2. The molecule has 3 rings (SSSR count). The second-order valence-electron chi connectivity index (χ2n) is 7.97. The van der Waals surface area contributed by atoms with E-state index in [0.29, 0.717) is 16.6 Å². The zero-order valence-corrected chi connectivity index (χ0v) is 18.8. The molecule has 1 atom stereocenters. The summed E-state index contributed by atoms with van der Waals surface area (Å²) in [6.07, 6.45) is 5.72. The molecule has 6 heteroatoms. The molecule has 0 heterocycles. The van der Waals surface area contributed by atoms with Gasteiger partial charge in [-0.1, -0.05) is 66.7 Å². The number of hydrogen-bond donors (Lipinski definition) is 1. The number of carbonyl (C=O) groups excluding carboxylic acids is 2. The van der Waals surface area contributed by atoms with E-state index < -0.39 is 6.04 Å². The summed E-state index contributed by atoms with van der Waals surface area (Å²) in [5.74, 6) is -0.211. The Bertz CT molecular complexity index is 864. The van der Waals surface area contributed by atoms with Crippen molar-refractivity contribution in [2.45, 2.75) is 64.1 Å². The molecule has 1 fully saturated rings. The molecule has 1 aliphatic rings. The van der Waals surface area contributed by atoms with Crippen LogP contribution in [0, 0.1) is 0 Å². The van der Waals surface area contributed by atoms with Crippen LogP contribution in [0.2, 0.25) is 10.0 Å². The molecule has 0 spiro atoms. The third-order valence-corrected chi connectivity index (χ3v) is 6.12. The van der Waals surface area contributed by atoms with Crippen LogP contribution in [0.1, 0.15) is 50.2 Å². The minimum absolute atomic E-state index is 0.103. The molecular weight excluding hydrogens is 419 g/mol. The van der Waals surface area contributed by atoms with Crippen molar-refractivity contribution < 1.29 is 9.59 Å². The summed E-state index contributed by atoms with van der Waals surface area (Å²) in [5, 5.41) is 4.38. The summed E-state index contributed by atoms with van der Waals surface area (Å²) in [4.78, 5) is 27.8. The Labute approximate surface area is 188 Å². The molecule has 30 heavy (non-hydrogen) atoms. The first-order valence-electron chi connectivity index (χ1n) is 10.5. The molecule has 1 aliphatic carbocycles. The Hall–Kier alpha value is -2.04. The van der Waals surface area contributed by atoms with E-state index in [1.807, 2.05) is 30.3 Å². The summed E-state index contributed by atoms with van der Waals surface area (Å²) in [5.41, 5.74) is 1.75. The first-order chi connectivity index (χ1) is 14.4. The zero-order valence-electron chi connectivity index (χ0n) is 17.2. The first-order valence-corrected chi connectivity index (χ1v) is 11.3. The summed E-state index contributed by atoms with van der Waals surface area (Å²) in [6.45, 7) is 2.12. The van der Waals surface area contributed by atoms with Crippen molar-refractivity contribution in [3.05, 3.63) is 69.7 Å². The molecule has 4 nitrogen and oxygen atoms in total. The minimum atomic E-state index is -0.578. The maximum Gasteiger partial charge on any atom is 0.242 e. The molecular formula is C24H28Cl2N2O2. The van der Waals surface area contributed by atoms with Gasteiger partial charge in [-0.25, -0.2) is 0 Å². The lowest BCUT2D eigenvalue weighted by Crippen LogP contribution is -2.50. The van der Waals surface area contributed by atoms with Gasteiger partial charge in [0.2, 0.25) is 11.8 Å². The van der Waals surface area contributed by atoms with Crippen LogP contribution in [-0.2, 0) is 22.6 Å². The molecule has 2 aromatic carbocycles. The van der Waals surface area contributed by atoms with Gasteiger partial charge in [0.15, 0.2) is 0 Å². The lowest BCUT2D eigenvalue weighted by molar-refractivity contribution is -0.140. The Balaban J connectivity index is 1.75. The van der Waals surface area contributed by atoms with Crippen molar-refractivity contribution in [2.75, 3.05) is 0 Å². The number of amides is 2. The van der Waals surface area contributed by atoms with Gasteiger partial charge in [0.25, 0.3) is 0 Å². The van der Waals surface area contributed by atoms with Crippen molar-refractivity contribution in [1.82, 2.24) is 10.2 Å². The van der Waals surface area contributed by atoms with E-state index in [1.165, 1.54) is 6.42 Å². The molecule has 0 bridgehead atoms. The van der Waals surface area contributed by atoms with E-state index in [2.05, 4.69) is 5.32 Å². The van der Waals surface area contributed by atoms with Crippen LogP contribution in [0.25, 0.3) is 0 Å². The predicted octanol–water partition coefficient (Wildman–Crippen LogP) is 5.40. The largest absolute Gasteiger partial charge is 0.352 e. The normalized spacial score (nSPS) is 15.4. The maximum absolute atomic E-state index is 13.2. The van der Waals surface area contributed by atoms with E-state index in [-0.39, 0.29) is 24.3 Å². The molecule has 0 aromatic heterocycles. The molecule has 0 aliphatic heterocycles. The number of halogens is 2. The van der Waals surface area contributed by atoms with E-state index in [1.54, 1.807) is 30.0 Å². The fourth-order valence-corrected chi connectivity index (χ4v) is 4.20. The Morgan fingerprint density at radius 2 is 1.70 bits per heavy atom. The van der Waals surface area contributed by atoms with Crippen LogP contribution >= 0.6 is 23.2 Å². The van der Waals surface area contributed by atoms with Gasteiger partial charge in [0.05, 0.1) is 6.42 Å². The number of benzene rings is 2. The van der Waals surface area contributed by atoms with Crippen LogP contribution in [0.4, 0.5) is 0 Å². The van der Waals surface area contributed by atoms with Crippen LogP contribution in [0.15, 0.2) is 48.5 Å². The predicted molar refractivity (Wildman–Crippen MR) is 122 cm³/mol. The SMILES string of the molecule is C[C@@H](C(=O)NC1CCCCC1)N(Cc1cccc(Cl)c1)C(=O)Cc1ccc(Cl)cc1. The van der Waals surface area contributed by atoms with Crippen molar-refractivity contribution in [1.29, 1.82) is 0 Å². The van der Waals surface area contributed by atoms with Gasteiger partial charge in [-0.3, -0.25) is 9.59 Å². The van der Waals surface area contributed by atoms with Gasteiger partial charge in [-0.15, -0.1) is 0 Å². The van der Waals surface area contributed by atoms with E-state index in [4.69, 9.17) is 23.2 Å². The van der Waals surface area contributed by atoms with Gasteiger partial charge in [-0.2, -0.15) is 0 Å². The quantitative estimate of drug-likeness (QED) is 0.618. The molecule has 0 radical (unpaired) electrons. The average molecular weight is 447 g/mol. The van der Waals surface area contributed by atoms with E-state index in [0.717, 1.165) is 36.8 Å². The summed E-state index contributed by atoms with van der Waals surface area (Å²) in [6, 6.07) is 14.2. The molecule has 2 amide bonds. The monoisotopic (exact) mass is 446 g/mol. The molecule has 160 valence electrons. The molecule has 1 saturated carbocycles. The second kappa shape index (κ2) is 10.8. The van der Waals surface area contributed by atoms with E-state index in [9.17, 15) is 9.59 Å². The number of nitrogens with one attached hydrogen (secondary N) is 1. The first kappa shape index (κ1) is 22.6. The third kappa shape index (κ3) is 6.48. The molecule has 0 saturated heterocycles. The summed E-state index contributed by atoms with van der Waals surface area (Å²) >= 11 is 12.1. The lowest BCUT2D eigenvalue weighted by atomic mass is 9.95. The number of hydrogen-bond acceptors (Lipinski definition) is 2. The lowest BCUT2D eigenvalue weighted by Gasteiger charge is -2.31. The standard InChI is InChI=1S/C24H28Cl2N2O2/c1-17(24(30)27-22-8-3-2-4-9-22)28(16-19-6-5-7-21(26)14-19)23(29)15-18-10-12-20(25)13-11-18/h5-7,10-14,17,22H,2-4,8-9,15-16H2,1H3,(H,27,30)/t17-/m0/s1. The highest BCUT2D eigenvalue weighted by Crippen LogP contribution is 2.20. The Morgan fingerprint density at radius 3 is 2.37 bits per heavy atom. The van der Waals surface area contributed by atoms with Gasteiger partial charge < -0.3 is 10.2 Å². The van der Waals surface area contributed by atoms with Crippen molar-refractivity contribution in [3.8, 4) is 0 Å². The smallest absolute Gasteiger partial charge is 0.242 e. The van der Waals surface area contributed by atoms with Gasteiger partial charge in [-0.05, 0) is 55.2 Å². The topological polar surface area (TPSA) is 49.4 Å². The van der Waals surface area contributed by atoms with Gasteiger partial charge in [0, 0.05) is 22.6 Å². The Kier molecular flexibility index (Phi) is 8.17. The van der Waals surface area contributed by atoms with E-state index >= 15 is 0 Å². The van der Waals surface area contributed by atoms with Crippen LogP contribution in [0.5, 0.6) is 0 Å². The highest BCUT2D eigenvalue weighted by Gasteiger charge is 2.28. The van der Waals surface area contributed by atoms with Gasteiger partial charge in [0.1, 0.15) is 6.04 Å². The minimum Gasteiger partial charge on any atom is -0.352 e. The van der Waals surface area contributed by atoms with Crippen LogP contribution in [-0.4, -0.2) is 28.8 Å². The van der Waals surface area contributed by atoms with Crippen molar-refractivity contribution in [3.63, 3.8) is 0 Å². The fourth-order valence-electron chi connectivity index (χ4n) is 3.86. The number of rotatable bonds is 7. The van der Waals surface area contributed by atoms with Gasteiger partial charge >= 0.3 is 0 Å². The number of nitrogens with zero attached hydrogens (tertiary/aromatic N) is 1. The van der Waals surface area contributed by atoms with Crippen molar-refractivity contribution in [2.24, 2.45) is 0 Å². The Morgan fingerprint density at radius 1 is 1.00 bits per heavy atom. The molecule has 2 aromatic rings. The fraction of sp³-hybridized carbons (Fsp3) is 0.417. The summed E-state index contributed by atoms with van der Waals surface area (Å²) < 4.78 is 0. The third-order valence-electron chi connectivity index (χ3n) is 5.63. The highest BCUT2D eigenvalue weighted by molar-refractivity contribution is 6.30. The summed E-state index contributed by atoms with van der Waals surface area (Å²) in [7, 11) is 0. The molecule has 0 unspecified atom stereocenters. The highest BCUT2D eigenvalue weighted by atomic mass is 35.5. The average Bonchev–Trinajstić information content (AvgIpc) is 2.74. The zero-order chi connectivity index (χ0) is 21.5. The van der Waals surface area contributed by atoms with Crippen molar-refractivity contribution >= 4 is 35.0 Å². The number of carbonyl (C=O) groups is 2. The van der Waals surface area contributed by atoms with Crippen LogP contribution < -0.4 is 5.32 Å².